The van der Waals surface area contributed by atoms with Crippen LogP contribution < -0.4 is 0 Å². The van der Waals surface area contributed by atoms with E-state index < -0.39 is 0 Å². The predicted octanol–water partition coefficient (Wildman–Crippen LogP) is 3.13. The van der Waals surface area contributed by atoms with Crippen LogP contribution in [-0.2, 0) is 0 Å². The fourth-order valence-electron chi connectivity index (χ4n) is 2.34. The van der Waals surface area contributed by atoms with Crippen molar-refractivity contribution in [3.63, 3.8) is 0 Å². The zero-order valence-corrected chi connectivity index (χ0v) is 9.43. The van der Waals surface area contributed by atoms with E-state index in [1.165, 1.54) is 17.8 Å². The Hall–Kier alpha value is -1.54. The Bertz CT molecular complexity index is 447. The molecule has 1 aromatic heterocycles. The van der Waals surface area contributed by atoms with Crippen LogP contribution in [0.3, 0.4) is 0 Å². The van der Waals surface area contributed by atoms with E-state index in [1.54, 1.807) is 0 Å². The van der Waals surface area contributed by atoms with Crippen LogP contribution in [0.25, 0.3) is 0 Å². The summed E-state index contributed by atoms with van der Waals surface area (Å²) in [6.07, 6.45) is 1.99. The maximum atomic E-state index is 3.29. The van der Waals surface area contributed by atoms with Gasteiger partial charge in [-0.2, -0.15) is 0 Å². The van der Waals surface area contributed by atoms with Gasteiger partial charge in [-0.3, -0.25) is 4.90 Å². The Morgan fingerprint density at radius 3 is 2.69 bits per heavy atom. The Morgan fingerprint density at radius 2 is 2.00 bits per heavy atom. The molecule has 3 atom stereocenters. The molecule has 0 spiro atoms. The normalized spacial score (nSPS) is 25.3. The van der Waals surface area contributed by atoms with E-state index in [4.69, 9.17) is 0 Å². The summed E-state index contributed by atoms with van der Waals surface area (Å²) in [6, 6.07) is 16.1. The maximum absolute atomic E-state index is 3.29. The highest BCUT2D eigenvalue weighted by molar-refractivity contribution is 5.25. The molecule has 2 heterocycles. The van der Waals surface area contributed by atoms with E-state index in [0.29, 0.717) is 12.1 Å². The molecule has 0 bridgehead atoms. The fourth-order valence-corrected chi connectivity index (χ4v) is 2.34. The van der Waals surface area contributed by atoms with Crippen molar-refractivity contribution in [1.82, 2.24) is 9.88 Å². The molecule has 2 aromatic rings. The van der Waals surface area contributed by atoms with E-state index in [0.717, 1.165) is 0 Å². The Balaban J connectivity index is 1.73. The smallest absolute Gasteiger partial charge is 0.0483 e. The second kappa shape index (κ2) is 3.80. The molecule has 16 heavy (non-hydrogen) atoms. The second-order valence-electron chi connectivity index (χ2n) is 4.42. The van der Waals surface area contributed by atoms with E-state index >= 15 is 0 Å². The molecule has 1 aliphatic heterocycles. The van der Waals surface area contributed by atoms with Gasteiger partial charge in [0.1, 0.15) is 0 Å². The molecule has 0 saturated carbocycles. The summed E-state index contributed by atoms with van der Waals surface area (Å²) in [4.78, 5) is 5.79. The molecule has 1 unspecified atom stereocenters. The van der Waals surface area contributed by atoms with Crippen LogP contribution in [0.15, 0.2) is 48.7 Å². The van der Waals surface area contributed by atoms with Gasteiger partial charge in [0.05, 0.1) is 0 Å². The van der Waals surface area contributed by atoms with Gasteiger partial charge >= 0.3 is 0 Å². The number of hydrogen-bond donors (Lipinski definition) is 1. The van der Waals surface area contributed by atoms with Crippen LogP contribution in [0.4, 0.5) is 0 Å². The average molecular weight is 212 g/mol. The zero-order valence-electron chi connectivity index (χ0n) is 9.43. The summed E-state index contributed by atoms with van der Waals surface area (Å²) in [5.74, 6) is 0. The number of H-pyrrole nitrogens is 1. The van der Waals surface area contributed by atoms with Crippen molar-refractivity contribution in [2.45, 2.75) is 19.0 Å². The lowest BCUT2D eigenvalue weighted by Crippen LogP contribution is -2.06. The molecular weight excluding hydrogens is 196 g/mol. The minimum absolute atomic E-state index is 0.486. The van der Waals surface area contributed by atoms with Gasteiger partial charge in [0, 0.05) is 30.5 Å². The van der Waals surface area contributed by atoms with Crippen molar-refractivity contribution in [2.75, 3.05) is 6.54 Å². The number of aromatic nitrogens is 1. The predicted molar refractivity (Wildman–Crippen MR) is 65.1 cm³/mol. The molecule has 1 fully saturated rings. The van der Waals surface area contributed by atoms with E-state index in [1.807, 2.05) is 6.20 Å². The van der Waals surface area contributed by atoms with Crippen molar-refractivity contribution in [2.24, 2.45) is 0 Å². The van der Waals surface area contributed by atoms with Crippen LogP contribution in [0, 0.1) is 0 Å². The number of hydrogen-bond acceptors (Lipinski definition) is 1. The number of nitrogens with one attached hydrogen (secondary N) is 1. The molecule has 1 aliphatic rings. The first-order valence-corrected chi connectivity index (χ1v) is 5.80. The quantitative estimate of drug-likeness (QED) is 0.774. The minimum Gasteiger partial charge on any atom is -0.364 e. The van der Waals surface area contributed by atoms with E-state index in [-0.39, 0.29) is 0 Å². The first-order chi connectivity index (χ1) is 7.86. The van der Waals surface area contributed by atoms with Crippen molar-refractivity contribution in [1.29, 1.82) is 0 Å². The third kappa shape index (κ3) is 1.65. The number of nitrogens with zero attached hydrogens (tertiary/aromatic N) is 1. The van der Waals surface area contributed by atoms with Gasteiger partial charge < -0.3 is 4.98 Å². The first kappa shape index (κ1) is 9.67. The van der Waals surface area contributed by atoms with Gasteiger partial charge in [-0.05, 0) is 24.6 Å². The minimum atomic E-state index is 0.486. The number of rotatable bonds is 3. The lowest BCUT2D eigenvalue weighted by Gasteiger charge is -2.12. The summed E-state index contributed by atoms with van der Waals surface area (Å²) in [7, 11) is 0. The molecule has 0 aliphatic carbocycles. The molecule has 82 valence electrons. The van der Waals surface area contributed by atoms with Gasteiger partial charge in [-0.1, -0.05) is 30.3 Å². The van der Waals surface area contributed by atoms with E-state index in [9.17, 15) is 0 Å². The number of aromatic amines is 1. The largest absolute Gasteiger partial charge is 0.364 e. The van der Waals surface area contributed by atoms with Gasteiger partial charge in [0.15, 0.2) is 0 Å². The second-order valence-corrected chi connectivity index (χ2v) is 4.42. The monoisotopic (exact) mass is 212 g/mol. The maximum Gasteiger partial charge on any atom is 0.0483 e. The van der Waals surface area contributed by atoms with Gasteiger partial charge in [0.2, 0.25) is 0 Å². The van der Waals surface area contributed by atoms with Crippen molar-refractivity contribution in [3.05, 3.63) is 59.9 Å². The third-order valence-corrected chi connectivity index (χ3v) is 3.40. The van der Waals surface area contributed by atoms with Crippen LogP contribution >= 0.6 is 0 Å². The lowest BCUT2D eigenvalue weighted by atomic mass is 10.1. The van der Waals surface area contributed by atoms with Crippen LogP contribution in [0.5, 0.6) is 0 Å². The molecule has 1 N–H and O–H groups in total. The summed E-state index contributed by atoms with van der Waals surface area (Å²) in [5.41, 5.74) is 2.74. The molecule has 1 aromatic carbocycles. The van der Waals surface area contributed by atoms with Crippen LogP contribution in [0.2, 0.25) is 0 Å². The highest BCUT2D eigenvalue weighted by Crippen LogP contribution is 2.41. The van der Waals surface area contributed by atoms with Gasteiger partial charge in [-0.25, -0.2) is 0 Å². The number of benzene rings is 1. The van der Waals surface area contributed by atoms with Gasteiger partial charge in [0.25, 0.3) is 0 Å². The Morgan fingerprint density at radius 1 is 1.19 bits per heavy atom. The van der Waals surface area contributed by atoms with Crippen molar-refractivity contribution < 1.29 is 0 Å². The van der Waals surface area contributed by atoms with Crippen molar-refractivity contribution in [3.8, 4) is 0 Å². The summed E-state index contributed by atoms with van der Waals surface area (Å²) < 4.78 is 0. The van der Waals surface area contributed by atoms with Gasteiger partial charge in [-0.15, -0.1) is 0 Å². The molecule has 3 rings (SSSR count). The Kier molecular flexibility index (Phi) is 2.29. The molecule has 0 amide bonds. The van der Waals surface area contributed by atoms with Crippen LogP contribution in [-0.4, -0.2) is 16.4 Å². The molecule has 0 radical (unpaired) electrons. The molecular formula is C14H16N2. The fraction of sp³-hybridized carbons (Fsp3) is 0.286. The summed E-state index contributed by atoms with van der Waals surface area (Å²) in [6.45, 7) is 3.43. The SMILES string of the molecule is C[C@@H](c1ccc[nH]1)N1C[C@@H]1c1ccccc1. The van der Waals surface area contributed by atoms with Crippen LogP contribution in [0.1, 0.15) is 30.3 Å². The standard InChI is InChI=1S/C14H16N2/c1-11(13-8-5-9-15-13)16-10-14(16)12-6-3-2-4-7-12/h2-9,11,14-15H,10H2,1H3/t11-,14+,16?/m0/s1. The Labute approximate surface area is 95.9 Å². The summed E-state index contributed by atoms with van der Waals surface area (Å²) >= 11 is 0. The lowest BCUT2D eigenvalue weighted by molar-refractivity contribution is 0.403. The molecule has 1 saturated heterocycles. The zero-order chi connectivity index (χ0) is 11.0. The molecule has 2 heteroatoms. The van der Waals surface area contributed by atoms with Crippen molar-refractivity contribution >= 4 is 0 Å². The molecule has 2 nitrogen and oxygen atoms in total. The van der Waals surface area contributed by atoms with E-state index in [2.05, 4.69) is 59.3 Å². The third-order valence-electron chi connectivity index (χ3n) is 3.40. The highest BCUT2D eigenvalue weighted by Gasteiger charge is 2.39. The topological polar surface area (TPSA) is 18.8 Å². The first-order valence-electron chi connectivity index (χ1n) is 5.80. The summed E-state index contributed by atoms with van der Waals surface area (Å²) in [5, 5.41) is 0. The highest BCUT2D eigenvalue weighted by atomic mass is 15.3. The average Bonchev–Trinajstić information content (AvgIpc) is 2.95.